The van der Waals surface area contributed by atoms with Gasteiger partial charge in [0.15, 0.2) is 0 Å². The lowest BCUT2D eigenvalue weighted by Crippen LogP contribution is -2.43. The van der Waals surface area contributed by atoms with Gasteiger partial charge in [-0.05, 0) is 50.4 Å². The van der Waals surface area contributed by atoms with Gasteiger partial charge in [0.2, 0.25) is 0 Å². The fourth-order valence-corrected chi connectivity index (χ4v) is 3.17. The number of hydrogen-bond donors (Lipinski definition) is 1. The van der Waals surface area contributed by atoms with Crippen molar-refractivity contribution in [3.05, 3.63) is 34.9 Å². The van der Waals surface area contributed by atoms with Gasteiger partial charge in [-0.3, -0.25) is 4.79 Å². The van der Waals surface area contributed by atoms with Crippen LogP contribution in [0.2, 0.25) is 5.02 Å². The van der Waals surface area contributed by atoms with E-state index in [1.165, 1.54) is 5.56 Å². The number of carbonyl (C=O) groups is 1. The molecule has 3 nitrogen and oxygen atoms in total. The third kappa shape index (κ3) is 3.74. The van der Waals surface area contributed by atoms with Crippen LogP contribution >= 0.6 is 11.6 Å². The molecule has 0 aliphatic carbocycles. The summed E-state index contributed by atoms with van der Waals surface area (Å²) in [4.78, 5) is 13.4. The van der Waals surface area contributed by atoms with Gasteiger partial charge in [0, 0.05) is 11.1 Å². The van der Waals surface area contributed by atoms with Crippen LogP contribution in [0.15, 0.2) is 24.3 Å². The summed E-state index contributed by atoms with van der Waals surface area (Å²) in [6.07, 6.45) is 3.51. The Morgan fingerprint density at radius 3 is 2.60 bits per heavy atom. The highest BCUT2D eigenvalue weighted by Gasteiger charge is 2.28. The number of nitrogens with zero attached hydrogens (tertiary/aromatic N) is 1. The molecule has 1 fully saturated rings. The predicted octanol–water partition coefficient (Wildman–Crippen LogP) is 3.46. The van der Waals surface area contributed by atoms with Gasteiger partial charge in [0.05, 0.1) is 5.92 Å². The fraction of sp³-hybridized carbons (Fsp3) is 0.562. The van der Waals surface area contributed by atoms with Crippen LogP contribution in [0.1, 0.15) is 31.7 Å². The van der Waals surface area contributed by atoms with Crippen LogP contribution < -0.4 is 0 Å². The van der Waals surface area contributed by atoms with E-state index in [1.807, 2.05) is 18.2 Å². The molecule has 1 aromatic rings. The van der Waals surface area contributed by atoms with Crippen molar-refractivity contribution in [2.75, 3.05) is 13.1 Å². The van der Waals surface area contributed by atoms with Crippen molar-refractivity contribution in [3.8, 4) is 0 Å². The summed E-state index contributed by atoms with van der Waals surface area (Å²) in [5.41, 5.74) is 1.18. The van der Waals surface area contributed by atoms with Crippen LogP contribution in [0, 0.1) is 5.92 Å². The van der Waals surface area contributed by atoms with Crippen LogP contribution in [0.25, 0.3) is 0 Å². The highest BCUT2D eigenvalue weighted by atomic mass is 35.5. The highest BCUT2D eigenvalue weighted by molar-refractivity contribution is 6.31. The molecule has 1 aliphatic rings. The molecule has 4 heteroatoms. The lowest BCUT2D eigenvalue weighted by molar-refractivity contribution is -0.143. The summed E-state index contributed by atoms with van der Waals surface area (Å²) in [7, 11) is 0. The number of halogens is 1. The van der Waals surface area contributed by atoms with Gasteiger partial charge in [-0.1, -0.05) is 36.7 Å². The van der Waals surface area contributed by atoms with E-state index in [-0.39, 0.29) is 5.92 Å². The van der Waals surface area contributed by atoms with Crippen molar-refractivity contribution in [2.24, 2.45) is 5.92 Å². The first kappa shape index (κ1) is 15.3. The third-order valence-corrected chi connectivity index (χ3v) is 4.65. The van der Waals surface area contributed by atoms with Gasteiger partial charge in [0.1, 0.15) is 0 Å². The van der Waals surface area contributed by atoms with Gasteiger partial charge >= 0.3 is 5.97 Å². The molecule has 0 spiro atoms. The third-order valence-electron chi connectivity index (χ3n) is 4.28. The minimum absolute atomic E-state index is 0.163. The van der Waals surface area contributed by atoms with Gasteiger partial charge in [-0.25, -0.2) is 0 Å². The molecule has 1 aliphatic heterocycles. The Kier molecular flexibility index (Phi) is 5.44. The second-order valence-corrected chi connectivity index (χ2v) is 5.91. The number of piperidine rings is 1. The molecule has 1 heterocycles. The SMILES string of the molecule is CCC(Cc1ccccc1Cl)N1CCC(C(=O)O)CC1. The Morgan fingerprint density at radius 1 is 1.40 bits per heavy atom. The second kappa shape index (κ2) is 7.09. The lowest BCUT2D eigenvalue weighted by Gasteiger charge is -2.36. The average Bonchev–Trinajstić information content (AvgIpc) is 2.46. The van der Waals surface area contributed by atoms with Crippen molar-refractivity contribution in [3.63, 3.8) is 0 Å². The number of likely N-dealkylation sites (tertiary alicyclic amines) is 1. The standard InChI is InChI=1S/C16H22ClNO2/c1-2-14(11-13-5-3-4-6-15(13)17)18-9-7-12(8-10-18)16(19)20/h3-6,12,14H,2,7-11H2,1H3,(H,19,20). The molecule has 1 saturated heterocycles. The van der Waals surface area contributed by atoms with E-state index >= 15 is 0 Å². The predicted molar refractivity (Wildman–Crippen MR) is 81.2 cm³/mol. The quantitative estimate of drug-likeness (QED) is 0.904. The summed E-state index contributed by atoms with van der Waals surface area (Å²) in [6, 6.07) is 8.43. The molecule has 2 rings (SSSR count). The molecule has 20 heavy (non-hydrogen) atoms. The maximum atomic E-state index is 11.0. The zero-order chi connectivity index (χ0) is 14.5. The average molecular weight is 296 g/mol. The molecule has 0 amide bonds. The molecule has 0 saturated carbocycles. The molecule has 0 bridgehead atoms. The molecule has 0 radical (unpaired) electrons. The first-order valence-corrected chi connectivity index (χ1v) is 7.70. The summed E-state index contributed by atoms with van der Waals surface area (Å²) < 4.78 is 0. The van der Waals surface area contributed by atoms with Crippen molar-refractivity contribution in [1.82, 2.24) is 4.90 Å². The summed E-state index contributed by atoms with van der Waals surface area (Å²) in [5, 5.41) is 9.88. The number of rotatable bonds is 5. The Morgan fingerprint density at radius 2 is 2.05 bits per heavy atom. The minimum atomic E-state index is -0.649. The largest absolute Gasteiger partial charge is 0.481 e. The van der Waals surface area contributed by atoms with E-state index in [9.17, 15) is 4.79 Å². The molecule has 1 atom stereocenters. The van der Waals surface area contributed by atoms with Crippen LogP contribution in [0.3, 0.4) is 0 Å². The van der Waals surface area contributed by atoms with E-state index < -0.39 is 5.97 Å². The maximum absolute atomic E-state index is 11.0. The van der Waals surface area contributed by atoms with Gasteiger partial charge in [-0.15, -0.1) is 0 Å². The van der Waals surface area contributed by atoms with Crippen LogP contribution in [0.4, 0.5) is 0 Å². The van der Waals surface area contributed by atoms with Crippen molar-refractivity contribution >= 4 is 17.6 Å². The van der Waals surface area contributed by atoms with Gasteiger partial charge in [-0.2, -0.15) is 0 Å². The molecule has 1 unspecified atom stereocenters. The number of carboxylic acid groups (broad SMARTS) is 1. The maximum Gasteiger partial charge on any atom is 0.306 e. The van der Waals surface area contributed by atoms with Crippen molar-refractivity contribution in [2.45, 2.75) is 38.6 Å². The second-order valence-electron chi connectivity index (χ2n) is 5.51. The fourth-order valence-electron chi connectivity index (χ4n) is 2.96. The van der Waals surface area contributed by atoms with E-state index in [1.54, 1.807) is 0 Å². The monoisotopic (exact) mass is 295 g/mol. The summed E-state index contributed by atoms with van der Waals surface area (Å²) in [6.45, 7) is 3.94. The van der Waals surface area contributed by atoms with Gasteiger partial charge < -0.3 is 10.0 Å². The highest BCUT2D eigenvalue weighted by Crippen LogP contribution is 2.24. The van der Waals surface area contributed by atoms with E-state index in [0.717, 1.165) is 43.8 Å². The lowest BCUT2D eigenvalue weighted by atomic mass is 9.94. The Hall–Kier alpha value is -1.06. The van der Waals surface area contributed by atoms with Gasteiger partial charge in [0.25, 0.3) is 0 Å². The summed E-state index contributed by atoms with van der Waals surface area (Å²) >= 11 is 6.23. The zero-order valence-corrected chi connectivity index (χ0v) is 12.6. The Labute approximate surface area is 125 Å². The number of carboxylic acids is 1. The first-order chi connectivity index (χ1) is 9.61. The van der Waals surface area contributed by atoms with E-state index in [4.69, 9.17) is 16.7 Å². The first-order valence-electron chi connectivity index (χ1n) is 7.32. The van der Waals surface area contributed by atoms with E-state index in [2.05, 4.69) is 17.9 Å². The number of aliphatic carboxylic acids is 1. The van der Waals surface area contributed by atoms with Crippen molar-refractivity contribution in [1.29, 1.82) is 0 Å². The molecule has 110 valence electrons. The van der Waals surface area contributed by atoms with Crippen molar-refractivity contribution < 1.29 is 9.90 Å². The van der Waals surface area contributed by atoms with Crippen LogP contribution in [-0.4, -0.2) is 35.1 Å². The normalized spacial score (nSPS) is 18.9. The summed E-state index contributed by atoms with van der Waals surface area (Å²) in [5.74, 6) is -0.812. The van der Waals surface area contributed by atoms with Crippen LogP contribution in [-0.2, 0) is 11.2 Å². The van der Waals surface area contributed by atoms with Crippen LogP contribution in [0.5, 0.6) is 0 Å². The Balaban J connectivity index is 1.96. The Bertz CT molecular complexity index is 456. The molecule has 1 aromatic carbocycles. The molecule has 0 aromatic heterocycles. The zero-order valence-electron chi connectivity index (χ0n) is 11.9. The smallest absolute Gasteiger partial charge is 0.306 e. The number of benzene rings is 1. The number of hydrogen-bond acceptors (Lipinski definition) is 2. The topological polar surface area (TPSA) is 40.5 Å². The molecular weight excluding hydrogens is 274 g/mol. The van der Waals surface area contributed by atoms with E-state index in [0.29, 0.717) is 6.04 Å². The minimum Gasteiger partial charge on any atom is -0.481 e. The molecular formula is C16H22ClNO2. The molecule has 1 N–H and O–H groups in total.